The van der Waals surface area contributed by atoms with Gasteiger partial charge in [0.1, 0.15) is 5.60 Å². The van der Waals surface area contributed by atoms with Gasteiger partial charge in [-0.15, -0.1) is 0 Å². The van der Waals surface area contributed by atoms with Gasteiger partial charge in [0, 0.05) is 6.04 Å². The molecule has 206 valence electrons. The lowest BCUT2D eigenvalue weighted by molar-refractivity contribution is -0.187. The number of fused-ring (bicyclic) bond motifs is 2. The lowest BCUT2D eigenvalue weighted by Crippen LogP contribution is -2.66. The van der Waals surface area contributed by atoms with E-state index in [1.807, 2.05) is 112 Å². The Morgan fingerprint density at radius 1 is 0.846 bits per heavy atom. The number of amides is 1. The Balaban J connectivity index is 1.65. The highest BCUT2D eigenvalue weighted by Gasteiger charge is 2.54. The zero-order valence-electron chi connectivity index (χ0n) is 22.6. The number of carbonyl (C=O) groups is 1. The van der Waals surface area contributed by atoms with Crippen LogP contribution in [0.2, 0.25) is 0 Å². The molecule has 3 aromatic carbocycles. The van der Waals surface area contributed by atoms with E-state index in [9.17, 15) is 13.6 Å². The van der Waals surface area contributed by atoms with Gasteiger partial charge in [0.25, 0.3) is 0 Å². The Hall–Kier alpha value is -3.29. The summed E-state index contributed by atoms with van der Waals surface area (Å²) in [5.41, 5.74) is 1.32. The standard InChI is InChI=1S/C32H36F2N2O3/c1-31(2,3)39-30(37)36-25-19-20-26(36)28(27(21-25)38-29(33)34)35-32(22-13-7-4-8-14-22,23-15-9-5-10-16-23)24-17-11-6-12-18-24/h4-18,25-29,35H,19-21H2,1-3H3/t25?,26-,27?,28?/m0/s1. The van der Waals surface area contributed by atoms with E-state index in [0.29, 0.717) is 19.3 Å². The third kappa shape index (κ3) is 5.56. The molecule has 7 heteroatoms. The molecule has 2 aliphatic rings. The van der Waals surface area contributed by atoms with Gasteiger partial charge in [-0.3, -0.25) is 5.32 Å². The third-order valence-electron chi connectivity index (χ3n) is 7.75. The summed E-state index contributed by atoms with van der Waals surface area (Å²) in [6.07, 6.45) is 0.463. The normalized spacial score (nSPS) is 23.2. The first-order chi connectivity index (χ1) is 18.7. The predicted molar refractivity (Wildman–Crippen MR) is 147 cm³/mol. The summed E-state index contributed by atoms with van der Waals surface area (Å²) in [7, 11) is 0. The summed E-state index contributed by atoms with van der Waals surface area (Å²) in [6.45, 7) is 2.58. The molecule has 3 unspecified atom stereocenters. The molecule has 3 aromatic rings. The van der Waals surface area contributed by atoms with Crippen molar-refractivity contribution in [2.24, 2.45) is 0 Å². The minimum Gasteiger partial charge on any atom is -0.444 e. The largest absolute Gasteiger partial charge is 0.444 e. The first-order valence-corrected chi connectivity index (χ1v) is 13.6. The molecule has 0 spiro atoms. The van der Waals surface area contributed by atoms with Crippen LogP contribution in [0.4, 0.5) is 13.6 Å². The van der Waals surface area contributed by atoms with E-state index in [1.165, 1.54) is 0 Å². The van der Waals surface area contributed by atoms with Crippen LogP contribution in [0.5, 0.6) is 0 Å². The zero-order valence-corrected chi connectivity index (χ0v) is 22.6. The molecule has 0 aromatic heterocycles. The van der Waals surface area contributed by atoms with Gasteiger partial charge in [-0.05, 0) is 56.7 Å². The molecule has 39 heavy (non-hydrogen) atoms. The van der Waals surface area contributed by atoms with E-state index in [4.69, 9.17) is 9.47 Å². The molecule has 2 aliphatic heterocycles. The van der Waals surface area contributed by atoms with Crippen molar-refractivity contribution in [2.75, 3.05) is 0 Å². The SMILES string of the molecule is CC(C)(C)OC(=O)N1C2CC[C@H]1C(NC(c1ccccc1)(c1ccccc1)c1ccccc1)C(OC(F)F)C2. The fraction of sp³-hybridized carbons (Fsp3) is 0.406. The minimum absolute atomic E-state index is 0.216. The average molecular weight is 535 g/mol. The molecular weight excluding hydrogens is 498 g/mol. The highest BCUT2D eigenvalue weighted by Crippen LogP contribution is 2.43. The maximum atomic E-state index is 13.8. The van der Waals surface area contributed by atoms with Gasteiger partial charge in [-0.1, -0.05) is 91.0 Å². The summed E-state index contributed by atoms with van der Waals surface area (Å²) in [4.78, 5) is 15.2. The van der Waals surface area contributed by atoms with Crippen LogP contribution >= 0.6 is 0 Å². The number of rotatable bonds is 7. The Labute approximate surface area is 229 Å². The number of halogens is 2. The lowest BCUT2D eigenvalue weighted by Gasteiger charge is -2.49. The second kappa shape index (κ2) is 11.1. The molecule has 0 saturated carbocycles. The zero-order chi connectivity index (χ0) is 27.6. The molecule has 1 N–H and O–H groups in total. The van der Waals surface area contributed by atoms with E-state index >= 15 is 0 Å². The van der Waals surface area contributed by atoms with Gasteiger partial charge in [0.15, 0.2) is 0 Å². The summed E-state index contributed by atoms with van der Waals surface area (Å²) >= 11 is 0. The van der Waals surface area contributed by atoms with Gasteiger partial charge < -0.3 is 14.4 Å². The van der Waals surface area contributed by atoms with Crippen LogP contribution in [0.25, 0.3) is 0 Å². The summed E-state index contributed by atoms with van der Waals surface area (Å²) in [6, 6.07) is 28.8. The summed E-state index contributed by atoms with van der Waals surface area (Å²) < 4.78 is 38.7. The molecule has 4 atom stereocenters. The Morgan fingerprint density at radius 2 is 1.33 bits per heavy atom. The first kappa shape index (κ1) is 27.3. The van der Waals surface area contributed by atoms with Crippen LogP contribution in [0, 0.1) is 0 Å². The molecule has 2 fully saturated rings. The maximum absolute atomic E-state index is 13.8. The molecule has 1 amide bonds. The van der Waals surface area contributed by atoms with Crippen LogP contribution < -0.4 is 5.32 Å². The maximum Gasteiger partial charge on any atom is 0.410 e. The van der Waals surface area contributed by atoms with E-state index < -0.39 is 36.0 Å². The highest BCUT2D eigenvalue weighted by atomic mass is 19.3. The number of hydrogen-bond donors (Lipinski definition) is 1. The number of nitrogens with one attached hydrogen (secondary N) is 1. The van der Waals surface area contributed by atoms with E-state index in [-0.39, 0.29) is 12.1 Å². The van der Waals surface area contributed by atoms with Crippen LogP contribution in [-0.2, 0) is 15.0 Å². The van der Waals surface area contributed by atoms with E-state index in [2.05, 4.69) is 5.32 Å². The van der Waals surface area contributed by atoms with Crippen molar-refractivity contribution in [2.45, 2.75) is 82.0 Å². The van der Waals surface area contributed by atoms with Crippen LogP contribution in [0.3, 0.4) is 0 Å². The van der Waals surface area contributed by atoms with Crippen LogP contribution in [0.15, 0.2) is 91.0 Å². The summed E-state index contributed by atoms with van der Waals surface area (Å²) in [5, 5.41) is 3.84. The van der Waals surface area contributed by atoms with Crippen LogP contribution in [0.1, 0.15) is 56.7 Å². The van der Waals surface area contributed by atoms with Gasteiger partial charge in [0.2, 0.25) is 0 Å². The van der Waals surface area contributed by atoms with Gasteiger partial charge in [0.05, 0.1) is 23.7 Å². The van der Waals surface area contributed by atoms with Crippen molar-refractivity contribution < 1.29 is 23.0 Å². The second-order valence-electron chi connectivity index (χ2n) is 11.4. The predicted octanol–water partition coefficient (Wildman–Crippen LogP) is 6.72. The second-order valence-corrected chi connectivity index (χ2v) is 11.4. The number of piperidine rings is 1. The number of nitrogens with zero attached hydrogens (tertiary/aromatic N) is 1. The average Bonchev–Trinajstić information content (AvgIpc) is 3.25. The fourth-order valence-corrected chi connectivity index (χ4v) is 6.28. The fourth-order valence-electron chi connectivity index (χ4n) is 6.28. The quantitative estimate of drug-likeness (QED) is 0.342. The molecule has 2 bridgehead atoms. The van der Waals surface area contributed by atoms with Gasteiger partial charge in [-0.2, -0.15) is 8.78 Å². The van der Waals surface area contributed by atoms with E-state index in [0.717, 1.165) is 16.7 Å². The van der Waals surface area contributed by atoms with Gasteiger partial charge >= 0.3 is 12.7 Å². The number of benzene rings is 3. The van der Waals surface area contributed by atoms with Crippen molar-refractivity contribution >= 4 is 6.09 Å². The molecule has 5 rings (SSSR count). The molecule has 0 aliphatic carbocycles. The number of carbonyl (C=O) groups excluding carboxylic acids is 1. The minimum atomic E-state index is -2.92. The van der Waals surface area contributed by atoms with Crippen molar-refractivity contribution in [3.63, 3.8) is 0 Å². The smallest absolute Gasteiger partial charge is 0.410 e. The van der Waals surface area contributed by atoms with Crippen molar-refractivity contribution in [1.82, 2.24) is 10.2 Å². The Bertz CT molecular complexity index is 1140. The van der Waals surface area contributed by atoms with Crippen LogP contribution in [-0.4, -0.2) is 47.4 Å². The molecular formula is C32H36F2N2O3. The Morgan fingerprint density at radius 3 is 1.77 bits per heavy atom. The van der Waals surface area contributed by atoms with E-state index in [1.54, 1.807) is 4.90 Å². The Kier molecular flexibility index (Phi) is 7.74. The number of alkyl halides is 2. The third-order valence-corrected chi connectivity index (χ3v) is 7.75. The highest BCUT2D eigenvalue weighted by molar-refractivity contribution is 5.70. The monoisotopic (exact) mass is 534 g/mol. The molecule has 0 radical (unpaired) electrons. The van der Waals surface area contributed by atoms with Gasteiger partial charge in [-0.25, -0.2) is 4.79 Å². The topological polar surface area (TPSA) is 50.8 Å². The lowest BCUT2D eigenvalue weighted by atomic mass is 9.75. The first-order valence-electron chi connectivity index (χ1n) is 13.6. The number of ether oxygens (including phenoxy) is 2. The van der Waals surface area contributed by atoms with Crippen molar-refractivity contribution in [1.29, 1.82) is 0 Å². The molecule has 2 saturated heterocycles. The molecule has 2 heterocycles. The molecule has 5 nitrogen and oxygen atoms in total. The van der Waals surface area contributed by atoms with Crippen molar-refractivity contribution in [3.05, 3.63) is 108 Å². The summed E-state index contributed by atoms with van der Waals surface area (Å²) in [5.74, 6) is 0. The van der Waals surface area contributed by atoms with Crippen molar-refractivity contribution in [3.8, 4) is 0 Å². The number of hydrogen-bond acceptors (Lipinski definition) is 4.